The van der Waals surface area contributed by atoms with Crippen molar-refractivity contribution in [3.63, 3.8) is 0 Å². The first-order chi connectivity index (χ1) is 11.6. The van der Waals surface area contributed by atoms with Crippen LogP contribution in [0.1, 0.15) is 48.5 Å². The van der Waals surface area contributed by atoms with Gasteiger partial charge in [-0.25, -0.2) is 0 Å². The lowest BCUT2D eigenvalue weighted by molar-refractivity contribution is 0.0923. The van der Waals surface area contributed by atoms with E-state index in [9.17, 15) is 9.90 Å². The molecule has 1 saturated heterocycles. The summed E-state index contributed by atoms with van der Waals surface area (Å²) in [6.45, 7) is 6.81. The Bertz CT molecular complexity index is 525. The predicted molar refractivity (Wildman–Crippen MR) is 95.5 cm³/mol. The minimum absolute atomic E-state index is 0.161. The molecule has 1 aromatic rings. The number of amides is 1. The van der Waals surface area contributed by atoms with Crippen LogP contribution in [0.3, 0.4) is 0 Å². The lowest BCUT2D eigenvalue weighted by Crippen LogP contribution is -2.30. The summed E-state index contributed by atoms with van der Waals surface area (Å²) in [6.07, 6.45) is 4.29. The Hall–Kier alpha value is -1.59. The maximum absolute atomic E-state index is 12.0. The van der Waals surface area contributed by atoms with Gasteiger partial charge in [0.1, 0.15) is 5.75 Å². The number of carbonyl (C=O) groups excluding carboxylic acids is 1. The molecule has 0 aromatic heterocycles. The van der Waals surface area contributed by atoms with Crippen LogP contribution < -0.4 is 15.4 Å². The number of rotatable bonds is 8. The summed E-state index contributed by atoms with van der Waals surface area (Å²) in [5.41, 5.74) is 1.51. The highest BCUT2D eigenvalue weighted by atomic mass is 16.5. The molecule has 0 aliphatic carbocycles. The Morgan fingerprint density at radius 1 is 1.42 bits per heavy atom. The fourth-order valence-corrected chi connectivity index (χ4v) is 3.05. The maximum atomic E-state index is 12.0. The van der Waals surface area contributed by atoms with Gasteiger partial charge < -0.3 is 20.5 Å². The lowest BCUT2D eigenvalue weighted by atomic mass is 9.93. The number of aryl methyl sites for hydroxylation is 1. The summed E-state index contributed by atoms with van der Waals surface area (Å²) < 4.78 is 5.82. The molecule has 1 aliphatic heterocycles. The fourth-order valence-electron chi connectivity index (χ4n) is 3.05. The standard InChI is InChI=1S/C19H30N2O3/c1-14-12-17(5-6-18(14)19(23)21-13-15(2)22)24-11-3-4-16-7-9-20-10-8-16/h5-6,12,15-16,20,22H,3-4,7-11,13H2,1-2H3,(H,21,23)/t15-/m1/s1. The van der Waals surface area contributed by atoms with Gasteiger partial charge in [0.2, 0.25) is 0 Å². The Labute approximate surface area is 144 Å². The van der Waals surface area contributed by atoms with Crippen molar-refractivity contribution in [3.05, 3.63) is 29.3 Å². The zero-order valence-electron chi connectivity index (χ0n) is 14.8. The molecular weight excluding hydrogens is 304 g/mol. The van der Waals surface area contributed by atoms with Crippen LogP contribution in [0.2, 0.25) is 0 Å². The third kappa shape index (κ3) is 6.13. The van der Waals surface area contributed by atoms with Gasteiger partial charge in [-0.3, -0.25) is 4.79 Å². The van der Waals surface area contributed by atoms with E-state index in [0.29, 0.717) is 5.56 Å². The first-order valence-corrected chi connectivity index (χ1v) is 8.96. The molecule has 3 N–H and O–H groups in total. The minimum Gasteiger partial charge on any atom is -0.494 e. The number of nitrogens with one attached hydrogen (secondary N) is 2. The molecule has 5 nitrogen and oxygen atoms in total. The number of hydrogen-bond donors (Lipinski definition) is 3. The second-order valence-electron chi connectivity index (χ2n) is 6.72. The van der Waals surface area contributed by atoms with Crippen molar-refractivity contribution >= 4 is 5.91 Å². The molecule has 0 bridgehead atoms. The van der Waals surface area contributed by atoms with Gasteiger partial charge in [-0.15, -0.1) is 0 Å². The van der Waals surface area contributed by atoms with Crippen molar-refractivity contribution in [1.29, 1.82) is 0 Å². The lowest BCUT2D eigenvalue weighted by Gasteiger charge is -2.22. The molecule has 0 radical (unpaired) electrons. The highest BCUT2D eigenvalue weighted by Gasteiger charge is 2.13. The van der Waals surface area contributed by atoms with Crippen LogP contribution in [0.5, 0.6) is 5.75 Å². The average molecular weight is 334 g/mol. The van der Waals surface area contributed by atoms with Crippen LogP contribution in [0.25, 0.3) is 0 Å². The predicted octanol–water partition coefficient (Wildman–Crippen LogP) is 2.26. The number of carbonyl (C=O) groups is 1. The largest absolute Gasteiger partial charge is 0.494 e. The second kappa shape index (κ2) is 9.64. The van der Waals surface area contributed by atoms with Crippen molar-refractivity contribution in [3.8, 4) is 5.75 Å². The number of hydrogen-bond acceptors (Lipinski definition) is 4. The van der Waals surface area contributed by atoms with Crippen LogP contribution in [-0.2, 0) is 0 Å². The number of aliphatic hydroxyl groups excluding tert-OH is 1. The molecule has 1 aromatic carbocycles. The Morgan fingerprint density at radius 2 is 2.17 bits per heavy atom. The molecule has 24 heavy (non-hydrogen) atoms. The van der Waals surface area contributed by atoms with Gasteiger partial charge >= 0.3 is 0 Å². The third-order valence-electron chi connectivity index (χ3n) is 4.48. The van der Waals surface area contributed by atoms with Gasteiger partial charge in [0.15, 0.2) is 0 Å². The molecule has 0 saturated carbocycles. The minimum atomic E-state index is -0.545. The van der Waals surface area contributed by atoms with Gasteiger partial charge in [0.25, 0.3) is 5.91 Å². The number of benzene rings is 1. The van der Waals surface area contributed by atoms with Crippen molar-refractivity contribution < 1.29 is 14.6 Å². The van der Waals surface area contributed by atoms with Crippen LogP contribution in [0.4, 0.5) is 0 Å². The summed E-state index contributed by atoms with van der Waals surface area (Å²) in [5.74, 6) is 1.48. The Balaban J connectivity index is 1.75. The Morgan fingerprint density at radius 3 is 2.83 bits per heavy atom. The first-order valence-electron chi connectivity index (χ1n) is 8.96. The van der Waals surface area contributed by atoms with E-state index in [-0.39, 0.29) is 12.5 Å². The Kier molecular flexibility index (Phi) is 7.53. The zero-order valence-corrected chi connectivity index (χ0v) is 14.8. The molecule has 2 rings (SSSR count). The van der Waals surface area contributed by atoms with Gasteiger partial charge in [-0.05, 0) is 82.3 Å². The molecule has 1 amide bonds. The van der Waals surface area contributed by atoms with Crippen LogP contribution in [0, 0.1) is 12.8 Å². The molecule has 1 heterocycles. The van der Waals surface area contributed by atoms with Gasteiger partial charge in [-0.1, -0.05) is 0 Å². The number of aliphatic hydroxyl groups is 1. The van der Waals surface area contributed by atoms with E-state index in [4.69, 9.17) is 4.74 Å². The van der Waals surface area contributed by atoms with Crippen molar-refractivity contribution in [1.82, 2.24) is 10.6 Å². The normalized spacial score (nSPS) is 16.6. The smallest absolute Gasteiger partial charge is 0.251 e. The summed E-state index contributed by atoms with van der Waals surface area (Å²) in [7, 11) is 0. The van der Waals surface area contributed by atoms with Crippen molar-refractivity contribution in [2.45, 2.75) is 45.6 Å². The maximum Gasteiger partial charge on any atom is 0.251 e. The van der Waals surface area contributed by atoms with Crippen LogP contribution in [0.15, 0.2) is 18.2 Å². The van der Waals surface area contributed by atoms with E-state index in [2.05, 4.69) is 10.6 Å². The van der Waals surface area contributed by atoms with Crippen molar-refractivity contribution in [2.24, 2.45) is 5.92 Å². The number of ether oxygens (including phenoxy) is 1. The van der Waals surface area contributed by atoms with E-state index >= 15 is 0 Å². The quantitative estimate of drug-likeness (QED) is 0.638. The molecular formula is C19H30N2O3. The third-order valence-corrected chi connectivity index (χ3v) is 4.48. The second-order valence-corrected chi connectivity index (χ2v) is 6.72. The molecule has 134 valence electrons. The van der Waals surface area contributed by atoms with E-state index in [1.165, 1.54) is 19.3 Å². The fraction of sp³-hybridized carbons (Fsp3) is 0.632. The molecule has 0 spiro atoms. The molecule has 5 heteroatoms. The highest BCUT2D eigenvalue weighted by molar-refractivity contribution is 5.95. The molecule has 1 atom stereocenters. The average Bonchev–Trinajstić information content (AvgIpc) is 2.57. The first kappa shape index (κ1) is 18.7. The van der Waals surface area contributed by atoms with E-state index < -0.39 is 6.10 Å². The monoisotopic (exact) mass is 334 g/mol. The zero-order chi connectivity index (χ0) is 17.4. The molecule has 1 fully saturated rings. The SMILES string of the molecule is Cc1cc(OCCCC2CCNCC2)ccc1C(=O)NC[C@@H](C)O. The van der Waals surface area contributed by atoms with Gasteiger partial charge in [-0.2, -0.15) is 0 Å². The van der Waals surface area contributed by atoms with Crippen molar-refractivity contribution in [2.75, 3.05) is 26.2 Å². The summed E-state index contributed by atoms with van der Waals surface area (Å²) in [6, 6.07) is 5.53. The topological polar surface area (TPSA) is 70.6 Å². The van der Waals surface area contributed by atoms with Gasteiger partial charge in [0, 0.05) is 12.1 Å². The summed E-state index contributed by atoms with van der Waals surface area (Å²) in [5, 5.41) is 15.3. The van der Waals surface area contributed by atoms with E-state index in [1.54, 1.807) is 13.0 Å². The summed E-state index contributed by atoms with van der Waals surface area (Å²) >= 11 is 0. The van der Waals surface area contributed by atoms with E-state index in [0.717, 1.165) is 43.3 Å². The molecule has 1 aliphatic rings. The van der Waals surface area contributed by atoms with Gasteiger partial charge in [0.05, 0.1) is 12.7 Å². The van der Waals surface area contributed by atoms with E-state index in [1.807, 2.05) is 19.1 Å². The number of piperidine rings is 1. The van der Waals surface area contributed by atoms with Crippen LogP contribution in [-0.4, -0.2) is 43.4 Å². The highest BCUT2D eigenvalue weighted by Crippen LogP contribution is 2.20. The van der Waals surface area contributed by atoms with Crippen LogP contribution >= 0.6 is 0 Å². The molecule has 0 unspecified atom stereocenters. The summed E-state index contributed by atoms with van der Waals surface area (Å²) in [4.78, 5) is 12.0.